The maximum absolute atomic E-state index is 11.0. The SMILES string of the molecule is COC(=O)CC=Cc1cc(C(C)(C)C)ccc1N. The molecule has 0 aliphatic rings. The first-order valence-corrected chi connectivity index (χ1v) is 5.98. The quantitative estimate of drug-likeness (QED) is 0.659. The Bertz CT molecular complexity index is 456. The van der Waals surface area contributed by atoms with Crippen LogP contribution in [-0.4, -0.2) is 13.1 Å². The highest BCUT2D eigenvalue weighted by Crippen LogP contribution is 2.26. The van der Waals surface area contributed by atoms with E-state index in [2.05, 4.69) is 31.6 Å². The van der Waals surface area contributed by atoms with Crippen molar-refractivity contribution >= 4 is 17.7 Å². The number of anilines is 1. The van der Waals surface area contributed by atoms with Gasteiger partial charge in [-0.05, 0) is 28.7 Å². The molecule has 0 aliphatic carbocycles. The fraction of sp³-hybridized carbons (Fsp3) is 0.400. The van der Waals surface area contributed by atoms with Crippen LogP contribution in [0.4, 0.5) is 5.69 Å². The minimum atomic E-state index is -0.253. The molecule has 2 N–H and O–H groups in total. The molecular weight excluding hydrogens is 226 g/mol. The number of esters is 1. The lowest BCUT2D eigenvalue weighted by Crippen LogP contribution is -2.11. The Kier molecular flexibility index (Phi) is 4.54. The molecule has 0 saturated carbocycles. The Labute approximate surface area is 109 Å². The van der Waals surface area contributed by atoms with Crippen molar-refractivity contribution in [3.8, 4) is 0 Å². The van der Waals surface area contributed by atoms with Crippen LogP contribution in [0.5, 0.6) is 0 Å². The summed E-state index contributed by atoms with van der Waals surface area (Å²) in [6, 6.07) is 5.99. The van der Waals surface area contributed by atoms with Crippen LogP contribution < -0.4 is 5.73 Å². The van der Waals surface area contributed by atoms with Gasteiger partial charge in [-0.15, -0.1) is 0 Å². The number of ether oxygens (including phenoxy) is 1. The molecule has 0 atom stereocenters. The maximum atomic E-state index is 11.0. The van der Waals surface area contributed by atoms with E-state index in [1.807, 2.05) is 18.2 Å². The smallest absolute Gasteiger partial charge is 0.309 e. The van der Waals surface area contributed by atoms with Crippen LogP contribution in [0.2, 0.25) is 0 Å². The molecule has 0 radical (unpaired) electrons. The molecule has 18 heavy (non-hydrogen) atoms. The minimum Gasteiger partial charge on any atom is -0.469 e. The molecule has 0 heterocycles. The predicted molar refractivity (Wildman–Crippen MR) is 75.2 cm³/mol. The molecule has 0 bridgehead atoms. The van der Waals surface area contributed by atoms with Crippen molar-refractivity contribution < 1.29 is 9.53 Å². The Balaban J connectivity index is 2.91. The van der Waals surface area contributed by atoms with Gasteiger partial charge in [0, 0.05) is 5.69 Å². The predicted octanol–water partition coefficient (Wildman–Crippen LogP) is 3.14. The molecule has 0 aliphatic heterocycles. The summed E-state index contributed by atoms with van der Waals surface area (Å²) in [7, 11) is 1.38. The van der Waals surface area contributed by atoms with Gasteiger partial charge >= 0.3 is 5.97 Å². The van der Waals surface area contributed by atoms with E-state index in [9.17, 15) is 4.79 Å². The molecule has 0 aromatic heterocycles. The second kappa shape index (κ2) is 5.71. The van der Waals surface area contributed by atoms with Gasteiger partial charge in [0.1, 0.15) is 0 Å². The molecule has 1 rings (SSSR count). The average molecular weight is 247 g/mol. The van der Waals surface area contributed by atoms with Crippen LogP contribution in [0.3, 0.4) is 0 Å². The first kappa shape index (κ1) is 14.3. The largest absolute Gasteiger partial charge is 0.469 e. The van der Waals surface area contributed by atoms with E-state index >= 15 is 0 Å². The Morgan fingerprint density at radius 3 is 2.61 bits per heavy atom. The highest BCUT2D eigenvalue weighted by Gasteiger charge is 2.14. The summed E-state index contributed by atoms with van der Waals surface area (Å²) >= 11 is 0. The van der Waals surface area contributed by atoms with E-state index in [1.165, 1.54) is 12.7 Å². The molecule has 1 aromatic carbocycles. The summed E-state index contributed by atoms with van der Waals surface area (Å²) < 4.78 is 4.57. The normalized spacial score (nSPS) is 11.8. The van der Waals surface area contributed by atoms with Crippen molar-refractivity contribution in [1.82, 2.24) is 0 Å². The number of carbonyl (C=O) groups excluding carboxylic acids is 1. The van der Waals surface area contributed by atoms with Gasteiger partial charge in [0.2, 0.25) is 0 Å². The summed E-state index contributed by atoms with van der Waals surface area (Å²) in [5.41, 5.74) is 8.86. The molecule has 98 valence electrons. The Hall–Kier alpha value is -1.77. The number of benzene rings is 1. The Morgan fingerprint density at radius 2 is 2.06 bits per heavy atom. The topological polar surface area (TPSA) is 52.3 Å². The second-order valence-electron chi connectivity index (χ2n) is 5.28. The van der Waals surface area contributed by atoms with Gasteiger partial charge in [0.25, 0.3) is 0 Å². The average Bonchev–Trinajstić information content (AvgIpc) is 2.29. The first-order valence-electron chi connectivity index (χ1n) is 5.98. The number of methoxy groups -OCH3 is 1. The van der Waals surface area contributed by atoms with E-state index < -0.39 is 0 Å². The van der Waals surface area contributed by atoms with Crippen molar-refractivity contribution in [2.75, 3.05) is 12.8 Å². The zero-order valence-electron chi connectivity index (χ0n) is 11.5. The van der Waals surface area contributed by atoms with Crippen molar-refractivity contribution in [1.29, 1.82) is 0 Å². The lowest BCUT2D eigenvalue weighted by Gasteiger charge is -2.20. The van der Waals surface area contributed by atoms with E-state index in [0.717, 1.165) is 5.56 Å². The van der Waals surface area contributed by atoms with Gasteiger partial charge in [-0.2, -0.15) is 0 Å². The maximum Gasteiger partial charge on any atom is 0.309 e. The number of carbonyl (C=O) groups is 1. The van der Waals surface area contributed by atoms with Crippen LogP contribution in [-0.2, 0) is 14.9 Å². The molecule has 0 unspecified atom stereocenters. The third kappa shape index (κ3) is 3.91. The van der Waals surface area contributed by atoms with Crippen LogP contribution in [0.1, 0.15) is 38.3 Å². The lowest BCUT2D eigenvalue weighted by molar-refractivity contribution is -0.139. The van der Waals surface area contributed by atoms with Gasteiger partial charge in [-0.1, -0.05) is 39.0 Å². The highest BCUT2D eigenvalue weighted by molar-refractivity contribution is 5.74. The molecular formula is C15H21NO2. The fourth-order valence-corrected chi connectivity index (χ4v) is 1.55. The standard InChI is InChI=1S/C15H21NO2/c1-15(2,3)12-8-9-13(16)11(10-12)6-5-7-14(17)18-4/h5-6,8-10H,7,16H2,1-4H3. The lowest BCUT2D eigenvalue weighted by atomic mass is 9.86. The molecule has 1 aromatic rings. The van der Waals surface area contributed by atoms with Gasteiger partial charge in [0.15, 0.2) is 0 Å². The molecule has 3 nitrogen and oxygen atoms in total. The number of nitrogen functional groups attached to an aromatic ring is 1. The van der Waals surface area contributed by atoms with Gasteiger partial charge < -0.3 is 10.5 Å². The summed E-state index contributed by atoms with van der Waals surface area (Å²) in [6.07, 6.45) is 3.89. The van der Waals surface area contributed by atoms with Gasteiger partial charge in [-0.3, -0.25) is 4.79 Å². The zero-order valence-corrected chi connectivity index (χ0v) is 11.5. The Morgan fingerprint density at radius 1 is 1.39 bits per heavy atom. The molecule has 0 fully saturated rings. The van der Waals surface area contributed by atoms with Crippen LogP contribution in [0.25, 0.3) is 6.08 Å². The molecule has 3 heteroatoms. The van der Waals surface area contributed by atoms with Gasteiger partial charge in [0.05, 0.1) is 13.5 Å². The summed E-state index contributed by atoms with van der Waals surface area (Å²) in [5, 5.41) is 0. The monoisotopic (exact) mass is 247 g/mol. The third-order valence-corrected chi connectivity index (χ3v) is 2.76. The molecule has 0 amide bonds. The van der Waals surface area contributed by atoms with E-state index in [4.69, 9.17) is 5.73 Å². The van der Waals surface area contributed by atoms with E-state index in [0.29, 0.717) is 5.69 Å². The number of hydrogen-bond acceptors (Lipinski definition) is 3. The van der Waals surface area contributed by atoms with Crippen LogP contribution >= 0.6 is 0 Å². The zero-order chi connectivity index (χ0) is 13.8. The van der Waals surface area contributed by atoms with E-state index in [1.54, 1.807) is 6.08 Å². The summed E-state index contributed by atoms with van der Waals surface area (Å²) in [6.45, 7) is 6.46. The minimum absolute atomic E-state index is 0.0820. The summed E-state index contributed by atoms with van der Waals surface area (Å²) in [4.78, 5) is 11.0. The number of nitrogens with two attached hydrogens (primary N) is 1. The number of rotatable bonds is 3. The van der Waals surface area contributed by atoms with Gasteiger partial charge in [-0.25, -0.2) is 0 Å². The van der Waals surface area contributed by atoms with Crippen LogP contribution in [0, 0.1) is 0 Å². The summed E-state index contributed by atoms with van der Waals surface area (Å²) in [5.74, 6) is -0.253. The van der Waals surface area contributed by atoms with Crippen LogP contribution in [0.15, 0.2) is 24.3 Å². The molecule has 0 saturated heterocycles. The number of hydrogen-bond donors (Lipinski definition) is 1. The van der Waals surface area contributed by atoms with Crippen molar-refractivity contribution in [3.63, 3.8) is 0 Å². The highest BCUT2D eigenvalue weighted by atomic mass is 16.5. The fourth-order valence-electron chi connectivity index (χ4n) is 1.55. The van der Waals surface area contributed by atoms with Crippen molar-refractivity contribution in [3.05, 3.63) is 35.4 Å². The molecule has 0 spiro atoms. The van der Waals surface area contributed by atoms with Crippen molar-refractivity contribution in [2.24, 2.45) is 0 Å². The van der Waals surface area contributed by atoms with E-state index in [-0.39, 0.29) is 17.8 Å². The second-order valence-corrected chi connectivity index (χ2v) is 5.28. The first-order chi connectivity index (χ1) is 8.34. The van der Waals surface area contributed by atoms with Crippen molar-refractivity contribution in [2.45, 2.75) is 32.6 Å². The third-order valence-electron chi connectivity index (χ3n) is 2.76.